The average Bonchev–Trinajstić information content (AvgIpc) is 3.33. The number of hydrogen-bond acceptors (Lipinski definition) is 8. The molecule has 8 nitrogen and oxygen atoms in total. The minimum atomic E-state index is -0.585. The highest BCUT2D eigenvalue weighted by atomic mass is 32.2. The number of ether oxygens (including phenoxy) is 3. The van der Waals surface area contributed by atoms with Crippen molar-refractivity contribution in [2.24, 2.45) is 0 Å². The molecule has 202 valence electrons. The first-order valence-electron chi connectivity index (χ1n) is 12.7. The number of halogens is 1. The molecule has 1 aliphatic heterocycles. The molecule has 4 rings (SSSR count). The van der Waals surface area contributed by atoms with Crippen molar-refractivity contribution in [1.29, 1.82) is 0 Å². The van der Waals surface area contributed by atoms with Crippen molar-refractivity contribution >= 4 is 23.7 Å². The van der Waals surface area contributed by atoms with Crippen molar-refractivity contribution in [3.63, 3.8) is 0 Å². The average molecular weight is 541 g/mol. The van der Waals surface area contributed by atoms with Crippen LogP contribution >= 0.6 is 11.8 Å². The highest BCUT2D eigenvalue weighted by Crippen LogP contribution is 2.40. The highest BCUT2D eigenvalue weighted by Gasteiger charge is 2.35. The molecule has 2 aromatic carbocycles. The van der Waals surface area contributed by atoms with Gasteiger partial charge in [0.2, 0.25) is 11.1 Å². The molecule has 1 N–H and O–H groups in total. The minimum Gasteiger partial charge on any atom is -0.493 e. The summed E-state index contributed by atoms with van der Waals surface area (Å²) in [5, 5.41) is 8.58. The number of carbonyl (C=O) groups excluding carboxylic acids is 1. The van der Waals surface area contributed by atoms with Gasteiger partial charge < -0.3 is 19.5 Å². The summed E-state index contributed by atoms with van der Waals surface area (Å²) >= 11 is 1.56. The number of rotatable bonds is 12. The van der Waals surface area contributed by atoms with Gasteiger partial charge in [-0.1, -0.05) is 56.3 Å². The van der Waals surface area contributed by atoms with Crippen LogP contribution in [0.3, 0.4) is 0 Å². The number of methoxy groups -OCH3 is 1. The third-order valence-electron chi connectivity index (χ3n) is 6.06. The smallest absolute Gasteiger partial charge is 0.338 e. The number of anilines is 1. The number of allylic oxidation sites excluding steroid dienone is 1. The van der Waals surface area contributed by atoms with Crippen LogP contribution in [0.15, 0.2) is 58.9 Å². The van der Waals surface area contributed by atoms with E-state index < -0.39 is 12.0 Å². The van der Waals surface area contributed by atoms with E-state index in [1.165, 1.54) is 6.07 Å². The zero-order chi connectivity index (χ0) is 27.1. The normalized spacial score (nSPS) is 14.6. The number of nitrogens with zero attached hydrogens (tertiary/aromatic N) is 3. The Morgan fingerprint density at radius 1 is 1.16 bits per heavy atom. The number of esters is 1. The summed E-state index contributed by atoms with van der Waals surface area (Å²) in [6, 6.07) is 11.3. The van der Waals surface area contributed by atoms with Gasteiger partial charge in [-0.15, -0.1) is 5.10 Å². The fraction of sp³-hybridized carbons (Fsp3) is 0.393. The maximum absolute atomic E-state index is 14.1. The van der Waals surface area contributed by atoms with Crippen molar-refractivity contribution < 1.29 is 23.4 Å². The monoisotopic (exact) mass is 540 g/mol. The Bertz CT molecular complexity index is 1310. The predicted octanol–water partition coefficient (Wildman–Crippen LogP) is 6.14. The van der Waals surface area contributed by atoms with Crippen molar-refractivity contribution in [2.75, 3.05) is 24.8 Å². The molecular weight excluding hydrogens is 507 g/mol. The Morgan fingerprint density at radius 3 is 2.71 bits per heavy atom. The predicted molar refractivity (Wildman–Crippen MR) is 145 cm³/mol. The summed E-state index contributed by atoms with van der Waals surface area (Å²) < 4.78 is 32.9. The molecule has 1 unspecified atom stereocenters. The highest BCUT2D eigenvalue weighted by molar-refractivity contribution is 7.99. The second-order valence-corrected chi connectivity index (χ2v) is 9.92. The number of nitrogens with one attached hydrogen (secondary N) is 1. The van der Waals surface area contributed by atoms with Crippen molar-refractivity contribution in [3.8, 4) is 11.5 Å². The Balaban J connectivity index is 1.69. The Morgan fingerprint density at radius 2 is 1.97 bits per heavy atom. The van der Waals surface area contributed by atoms with Crippen LogP contribution in [0.1, 0.15) is 57.2 Å². The third kappa shape index (κ3) is 6.12. The fourth-order valence-corrected chi connectivity index (χ4v) is 4.77. The van der Waals surface area contributed by atoms with Gasteiger partial charge in [0.05, 0.1) is 19.3 Å². The number of unbranched alkanes of at least 4 members (excludes halogenated alkanes) is 1. The van der Waals surface area contributed by atoms with Crippen LogP contribution in [0.5, 0.6) is 11.5 Å². The van der Waals surface area contributed by atoms with Gasteiger partial charge in [-0.3, -0.25) is 0 Å². The fourth-order valence-electron chi connectivity index (χ4n) is 4.09. The second kappa shape index (κ2) is 12.8. The molecule has 0 fully saturated rings. The summed E-state index contributed by atoms with van der Waals surface area (Å²) in [6.45, 7) is 6.37. The van der Waals surface area contributed by atoms with Gasteiger partial charge in [0.1, 0.15) is 18.5 Å². The van der Waals surface area contributed by atoms with Gasteiger partial charge in [0.15, 0.2) is 11.5 Å². The molecule has 0 saturated heterocycles. The first kappa shape index (κ1) is 27.5. The molecule has 38 heavy (non-hydrogen) atoms. The molecule has 2 heterocycles. The van der Waals surface area contributed by atoms with Gasteiger partial charge >= 0.3 is 5.97 Å². The van der Waals surface area contributed by atoms with Crippen molar-refractivity contribution in [1.82, 2.24) is 14.8 Å². The Kier molecular flexibility index (Phi) is 9.28. The molecule has 10 heteroatoms. The van der Waals surface area contributed by atoms with Crippen LogP contribution < -0.4 is 14.8 Å². The maximum Gasteiger partial charge on any atom is 0.338 e. The van der Waals surface area contributed by atoms with E-state index in [1.807, 2.05) is 26.0 Å². The molecule has 0 bridgehead atoms. The standard InChI is InChI=1S/C28H33FN4O4S/c1-5-7-14-36-26(34)24-18(3)30-27-31-28(38-15-6-2)32-33(27)25(24)19-12-13-22(23(16-19)35-4)37-17-20-10-8-9-11-21(20)29/h8-13,16,25H,5-7,14-15,17H2,1-4H3,(H,30,31,32). The third-order valence-corrected chi connectivity index (χ3v) is 7.11. The van der Waals surface area contributed by atoms with Crippen LogP contribution in [-0.2, 0) is 16.1 Å². The van der Waals surface area contributed by atoms with Gasteiger partial charge in [0, 0.05) is 17.0 Å². The lowest BCUT2D eigenvalue weighted by Gasteiger charge is -2.28. The molecule has 0 amide bonds. The van der Waals surface area contributed by atoms with Crippen molar-refractivity contribution in [2.45, 2.75) is 57.8 Å². The summed E-state index contributed by atoms with van der Waals surface area (Å²) in [7, 11) is 1.54. The molecule has 0 aliphatic carbocycles. The number of thioether (sulfide) groups is 1. The van der Waals surface area contributed by atoms with E-state index in [0.29, 0.717) is 46.0 Å². The van der Waals surface area contributed by atoms with Crippen LogP contribution in [0.4, 0.5) is 10.3 Å². The molecule has 1 aliphatic rings. The summed E-state index contributed by atoms with van der Waals surface area (Å²) in [6.07, 6.45) is 2.69. The quantitative estimate of drug-likeness (QED) is 0.167. The van der Waals surface area contributed by atoms with Crippen LogP contribution in [-0.4, -0.2) is 40.2 Å². The largest absolute Gasteiger partial charge is 0.493 e. The van der Waals surface area contributed by atoms with Gasteiger partial charge in [-0.05, 0) is 43.5 Å². The molecule has 0 spiro atoms. The lowest BCUT2D eigenvalue weighted by Crippen LogP contribution is -2.29. The Labute approximate surface area is 226 Å². The lowest BCUT2D eigenvalue weighted by atomic mass is 9.95. The van der Waals surface area contributed by atoms with Crippen LogP contribution in [0, 0.1) is 5.82 Å². The number of carbonyl (C=O) groups is 1. The van der Waals surface area contributed by atoms with E-state index in [2.05, 4.69) is 17.2 Å². The number of aromatic nitrogens is 3. The topological polar surface area (TPSA) is 87.5 Å². The maximum atomic E-state index is 14.1. The van der Waals surface area contributed by atoms with Gasteiger partial charge in [-0.25, -0.2) is 13.9 Å². The van der Waals surface area contributed by atoms with Crippen molar-refractivity contribution in [3.05, 3.63) is 70.7 Å². The van der Waals surface area contributed by atoms with E-state index in [0.717, 1.165) is 30.6 Å². The van der Waals surface area contributed by atoms with Gasteiger partial charge in [0.25, 0.3) is 0 Å². The lowest BCUT2D eigenvalue weighted by molar-refractivity contribution is -0.139. The van der Waals surface area contributed by atoms with Crippen LogP contribution in [0.2, 0.25) is 0 Å². The molecule has 1 aromatic heterocycles. The number of hydrogen-bond donors (Lipinski definition) is 1. The number of benzene rings is 2. The summed E-state index contributed by atoms with van der Waals surface area (Å²) in [4.78, 5) is 17.9. The van der Waals surface area contributed by atoms with E-state index in [4.69, 9.17) is 19.3 Å². The van der Waals surface area contributed by atoms with E-state index >= 15 is 0 Å². The summed E-state index contributed by atoms with van der Waals surface area (Å²) in [5.41, 5.74) is 2.30. The molecule has 1 atom stereocenters. The van der Waals surface area contributed by atoms with E-state index in [-0.39, 0.29) is 12.4 Å². The molecule has 0 saturated carbocycles. The zero-order valence-corrected chi connectivity index (χ0v) is 22.9. The van der Waals surface area contributed by atoms with Gasteiger partial charge in [-0.2, -0.15) is 4.98 Å². The SMILES string of the molecule is CCCCOC(=O)C1=C(C)Nc2nc(SCCC)nn2C1c1ccc(OCc2ccccc2F)c(OC)c1. The molecular formula is C28H33FN4O4S. The summed E-state index contributed by atoms with van der Waals surface area (Å²) in [5.74, 6) is 1.61. The van der Waals surface area contributed by atoms with E-state index in [9.17, 15) is 9.18 Å². The first-order chi connectivity index (χ1) is 18.5. The Hall–Kier alpha value is -3.53. The van der Waals surface area contributed by atoms with Crippen LogP contribution in [0.25, 0.3) is 0 Å². The molecule has 3 aromatic rings. The minimum absolute atomic E-state index is 0.0506. The zero-order valence-electron chi connectivity index (χ0n) is 22.1. The van der Waals surface area contributed by atoms with E-state index in [1.54, 1.807) is 47.8 Å². The molecule has 0 radical (unpaired) electrons. The second-order valence-electron chi connectivity index (χ2n) is 8.86. The number of fused-ring (bicyclic) bond motifs is 1. The first-order valence-corrected chi connectivity index (χ1v) is 13.7.